The summed E-state index contributed by atoms with van der Waals surface area (Å²) in [4.78, 5) is 12.5. The molecule has 3 aromatic rings. The van der Waals surface area contributed by atoms with Crippen LogP contribution in [0.15, 0.2) is 66.7 Å². The second-order valence-corrected chi connectivity index (χ2v) is 9.21. The molecule has 0 bridgehead atoms. The van der Waals surface area contributed by atoms with Crippen LogP contribution in [0.3, 0.4) is 0 Å². The molecule has 186 valence electrons. The van der Waals surface area contributed by atoms with E-state index >= 15 is 0 Å². The largest absolute Gasteiger partial charge is 0.416 e. The van der Waals surface area contributed by atoms with E-state index in [1.807, 2.05) is 19.9 Å². The Morgan fingerprint density at radius 2 is 1.37 bits per heavy atom. The van der Waals surface area contributed by atoms with Crippen LogP contribution in [0, 0.1) is 5.92 Å². The van der Waals surface area contributed by atoms with Crippen LogP contribution in [0.4, 0.5) is 26.3 Å². The first-order valence-corrected chi connectivity index (χ1v) is 11.2. The Labute approximate surface area is 200 Å². The average Bonchev–Trinajstić information content (AvgIpc) is 2.76. The minimum absolute atomic E-state index is 0.0479. The van der Waals surface area contributed by atoms with Gasteiger partial charge in [-0.25, -0.2) is 0 Å². The highest BCUT2D eigenvalue weighted by Gasteiger charge is 2.31. The quantitative estimate of drug-likeness (QED) is 0.302. The van der Waals surface area contributed by atoms with E-state index in [4.69, 9.17) is 0 Å². The molecule has 0 fully saturated rings. The molecule has 0 amide bonds. The minimum Gasteiger partial charge on any atom is -0.299 e. The standard InChI is InChI=1S/C28H26F6O/c1-17(2)11-26(18(3)35)23-14-20(12-19-5-4-6-25(15-19)28(32,33)34)13-22(16-23)21-7-9-24(10-8-21)27(29,30)31/h4-10,13-17,26H,11-12H2,1-3H3. The number of carbonyl (C=O) groups excluding carboxylic acids is 1. The summed E-state index contributed by atoms with van der Waals surface area (Å²) < 4.78 is 78.5. The van der Waals surface area contributed by atoms with Crippen LogP contribution in [0.25, 0.3) is 11.1 Å². The van der Waals surface area contributed by atoms with E-state index in [1.54, 1.807) is 18.2 Å². The molecule has 0 aromatic heterocycles. The smallest absolute Gasteiger partial charge is 0.299 e. The van der Waals surface area contributed by atoms with Crippen molar-refractivity contribution in [2.24, 2.45) is 5.92 Å². The Morgan fingerprint density at radius 3 is 1.91 bits per heavy atom. The predicted molar refractivity (Wildman–Crippen MR) is 124 cm³/mol. The monoisotopic (exact) mass is 492 g/mol. The molecule has 0 aliphatic heterocycles. The van der Waals surface area contributed by atoms with Crippen LogP contribution < -0.4 is 0 Å². The van der Waals surface area contributed by atoms with Gasteiger partial charge in [-0.05, 0) is 71.7 Å². The van der Waals surface area contributed by atoms with Crippen molar-refractivity contribution in [1.82, 2.24) is 0 Å². The summed E-state index contributed by atoms with van der Waals surface area (Å²) in [5, 5.41) is 0. The maximum Gasteiger partial charge on any atom is 0.416 e. The maximum absolute atomic E-state index is 13.2. The van der Waals surface area contributed by atoms with Gasteiger partial charge in [0.2, 0.25) is 0 Å². The lowest BCUT2D eigenvalue weighted by molar-refractivity contribution is -0.138. The van der Waals surface area contributed by atoms with Gasteiger partial charge in [-0.2, -0.15) is 26.3 Å². The minimum atomic E-state index is -4.47. The number of benzene rings is 3. The highest BCUT2D eigenvalue weighted by atomic mass is 19.4. The summed E-state index contributed by atoms with van der Waals surface area (Å²) in [7, 11) is 0. The van der Waals surface area contributed by atoms with E-state index in [-0.39, 0.29) is 18.1 Å². The van der Waals surface area contributed by atoms with Gasteiger partial charge in [-0.1, -0.05) is 62.4 Å². The molecule has 0 saturated heterocycles. The van der Waals surface area contributed by atoms with Crippen molar-refractivity contribution in [1.29, 1.82) is 0 Å². The summed E-state index contributed by atoms with van der Waals surface area (Å²) >= 11 is 0. The summed E-state index contributed by atoms with van der Waals surface area (Å²) in [6.45, 7) is 5.46. The highest BCUT2D eigenvalue weighted by molar-refractivity contribution is 5.84. The van der Waals surface area contributed by atoms with Gasteiger partial charge < -0.3 is 0 Å². The van der Waals surface area contributed by atoms with E-state index in [1.165, 1.54) is 25.1 Å². The highest BCUT2D eigenvalue weighted by Crippen LogP contribution is 2.35. The molecule has 0 heterocycles. The third-order valence-electron chi connectivity index (χ3n) is 5.82. The van der Waals surface area contributed by atoms with Crippen molar-refractivity contribution in [3.63, 3.8) is 0 Å². The predicted octanol–water partition coefficient (Wildman–Crippen LogP) is 8.70. The molecule has 3 rings (SSSR count). The van der Waals surface area contributed by atoms with Crippen molar-refractivity contribution >= 4 is 5.78 Å². The second kappa shape index (κ2) is 10.3. The molecule has 0 saturated carbocycles. The molecular formula is C28H26F6O. The Kier molecular flexibility index (Phi) is 7.77. The number of carbonyl (C=O) groups is 1. The maximum atomic E-state index is 13.2. The van der Waals surface area contributed by atoms with Crippen LogP contribution in [0.1, 0.15) is 60.9 Å². The van der Waals surface area contributed by atoms with Crippen LogP contribution in [-0.4, -0.2) is 5.78 Å². The summed E-state index contributed by atoms with van der Waals surface area (Å²) in [6, 6.07) is 15.1. The first-order valence-electron chi connectivity index (χ1n) is 11.2. The van der Waals surface area contributed by atoms with Gasteiger partial charge in [0.25, 0.3) is 0 Å². The molecule has 35 heavy (non-hydrogen) atoms. The van der Waals surface area contributed by atoms with Crippen LogP contribution in [0.5, 0.6) is 0 Å². The summed E-state index contributed by atoms with van der Waals surface area (Å²) in [6.07, 6.45) is -8.18. The van der Waals surface area contributed by atoms with Crippen molar-refractivity contribution in [3.8, 4) is 11.1 Å². The number of Topliss-reactive ketones (excluding diaryl/α,β-unsaturated/α-hetero) is 1. The zero-order valence-corrected chi connectivity index (χ0v) is 19.6. The van der Waals surface area contributed by atoms with Gasteiger partial charge >= 0.3 is 12.4 Å². The van der Waals surface area contributed by atoms with Crippen LogP contribution in [-0.2, 0) is 23.6 Å². The second-order valence-electron chi connectivity index (χ2n) is 9.21. The third kappa shape index (κ3) is 6.96. The third-order valence-corrected chi connectivity index (χ3v) is 5.82. The van der Waals surface area contributed by atoms with Crippen molar-refractivity contribution in [2.45, 2.75) is 51.9 Å². The Bertz CT molecular complexity index is 1170. The molecule has 0 spiro atoms. The first-order chi connectivity index (χ1) is 16.2. The summed E-state index contributed by atoms with van der Waals surface area (Å²) in [5.74, 6) is -0.261. The van der Waals surface area contributed by atoms with Crippen molar-refractivity contribution < 1.29 is 31.1 Å². The molecule has 0 aliphatic carbocycles. The molecule has 0 N–H and O–H groups in total. The van der Waals surface area contributed by atoms with Crippen molar-refractivity contribution in [2.75, 3.05) is 0 Å². The number of rotatable bonds is 7. The normalized spacial score (nSPS) is 13.2. The van der Waals surface area contributed by atoms with Crippen LogP contribution >= 0.6 is 0 Å². The zero-order chi connectivity index (χ0) is 26.0. The lowest BCUT2D eigenvalue weighted by Gasteiger charge is -2.19. The molecule has 1 unspecified atom stereocenters. The molecule has 3 aromatic carbocycles. The number of hydrogen-bond donors (Lipinski definition) is 0. The van der Waals surface area contributed by atoms with Gasteiger partial charge in [0.1, 0.15) is 5.78 Å². The Balaban J connectivity index is 2.09. The SMILES string of the molecule is CC(=O)C(CC(C)C)c1cc(Cc2cccc(C(F)(F)F)c2)cc(-c2ccc(C(F)(F)F)cc2)c1. The van der Waals surface area contributed by atoms with E-state index < -0.39 is 29.4 Å². The first kappa shape index (κ1) is 26.5. The van der Waals surface area contributed by atoms with Gasteiger partial charge in [-0.15, -0.1) is 0 Å². The van der Waals surface area contributed by atoms with Gasteiger partial charge in [0.05, 0.1) is 11.1 Å². The fraction of sp³-hybridized carbons (Fsp3) is 0.321. The molecule has 1 atom stereocenters. The van der Waals surface area contributed by atoms with Crippen LogP contribution in [0.2, 0.25) is 0 Å². The van der Waals surface area contributed by atoms with E-state index in [0.29, 0.717) is 34.2 Å². The molecule has 1 nitrogen and oxygen atoms in total. The molecule has 0 radical (unpaired) electrons. The number of halogens is 6. The Morgan fingerprint density at radius 1 is 0.743 bits per heavy atom. The number of alkyl halides is 6. The number of hydrogen-bond acceptors (Lipinski definition) is 1. The molecule has 7 heteroatoms. The van der Waals surface area contributed by atoms with Gasteiger partial charge in [0.15, 0.2) is 0 Å². The topological polar surface area (TPSA) is 17.1 Å². The lowest BCUT2D eigenvalue weighted by atomic mass is 9.84. The summed E-state index contributed by atoms with van der Waals surface area (Å²) in [5.41, 5.74) is 1.42. The van der Waals surface area contributed by atoms with Crippen molar-refractivity contribution in [3.05, 3.63) is 94.5 Å². The molecular weight excluding hydrogens is 466 g/mol. The van der Waals surface area contributed by atoms with E-state index in [9.17, 15) is 31.1 Å². The zero-order valence-electron chi connectivity index (χ0n) is 19.6. The fourth-order valence-electron chi connectivity index (χ4n) is 4.14. The molecule has 0 aliphatic rings. The van der Waals surface area contributed by atoms with E-state index in [2.05, 4.69) is 0 Å². The van der Waals surface area contributed by atoms with Gasteiger partial charge in [0, 0.05) is 5.92 Å². The van der Waals surface area contributed by atoms with Gasteiger partial charge in [-0.3, -0.25) is 4.79 Å². The fourth-order valence-corrected chi connectivity index (χ4v) is 4.14. The Hall–Kier alpha value is -3.09. The van der Waals surface area contributed by atoms with E-state index in [0.717, 1.165) is 24.3 Å². The number of ketones is 1. The lowest BCUT2D eigenvalue weighted by Crippen LogP contribution is -2.12. The average molecular weight is 493 g/mol.